The van der Waals surface area contributed by atoms with Crippen LogP contribution in [0.2, 0.25) is 0 Å². The van der Waals surface area contributed by atoms with Crippen LogP contribution in [0.5, 0.6) is 5.75 Å². The van der Waals surface area contributed by atoms with Crippen LogP contribution in [-0.4, -0.2) is 17.8 Å². The van der Waals surface area contributed by atoms with E-state index in [4.69, 9.17) is 4.74 Å². The van der Waals surface area contributed by atoms with E-state index in [1.54, 1.807) is 11.3 Å². The first-order valence-corrected chi connectivity index (χ1v) is 6.16. The standard InChI is InChI=1S/C13H14O2S/c14-12(8-11-6-7-16-10-11)9-15-13-4-2-1-3-5-13/h1-7,10,12,14H,8-9H2. The molecule has 0 saturated heterocycles. The van der Waals surface area contributed by atoms with Crippen LogP contribution < -0.4 is 4.74 Å². The fourth-order valence-corrected chi connectivity index (χ4v) is 2.13. The number of para-hydroxylation sites is 1. The van der Waals surface area contributed by atoms with Gasteiger partial charge in [-0.2, -0.15) is 11.3 Å². The lowest BCUT2D eigenvalue weighted by Crippen LogP contribution is -2.19. The lowest BCUT2D eigenvalue weighted by molar-refractivity contribution is 0.108. The summed E-state index contributed by atoms with van der Waals surface area (Å²) in [5, 5.41) is 13.8. The summed E-state index contributed by atoms with van der Waals surface area (Å²) in [6.45, 7) is 0.333. The molecule has 0 aliphatic rings. The Morgan fingerprint density at radius 1 is 1.19 bits per heavy atom. The molecule has 1 N–H and O–H groups in total. The highest BCUT2D eigenvalue weighted by molar-refractivity contribution is 7.07. The van der Waals surface area contributed by atoms with Crippen LogP contribution in [0.4, 0.5) is 0 Å². The molecule has 1 atom stereocenters. The van der Waals surface area contributed by atoms with Crippen LogP contribution in [0, 0.1) is 0 Å². The Kier molecular flexibility index (Phi) is 3.97. The minimum absolute atomic E-state index is 0.333. The fraction of sp³-hybridized carbons (Fsp3) is 0.231. The molecule has 2 aromatic rings. The maximum atomic E-state index is 9.76. The van der Waals surface area contributed by atoms with Crippen LogP contribution in [0.1, 0.15) is 5.56 Å². The summed E-state index contributed by atoms with van der Waals surface area (Å²) >= 11 is 1.64. The van der Waals surface area contributed by atoms with Crippen LogP contribution >= 0.6 is 11.3 Å². The topological polar surface area (TPSA) is 29.5 Å². The van der Waals surface area contributed by atoms with Gasteiger partial charge in [-0.1, -0.05) is 18.2 Å². The molecule has 0 bridgehead atoms. The fourth-order valence-electron chi connectivity index (χ4n) is 1.45. The largest absolute Gasteiger partial charge is 0.491 e. The molecule has 0 amide bonds. The van der Waals surface area contributed by atoms with Gasteiger partial charge in [0.05, 0.1) is 6.10 Å². The second kappa shape index (κ2) is 5.68. The molecule has 0 saturated carbocycles. The third kappa shape index (κ3) is 3.36. The van der Waals surface area contributed by atoms with E-state index in [0.29, 0.717) is 13.0 Å². The van der Waals surface area contributed by atoms with Gasteiger partial charge in [-0.05, 0) is 34.5 Å². The molecule has 0 radical (unpaired) electrons. The molecule has 16 heavy (non-hydrogen) atoms. The molecule has 2 rings (SSSR count). The second-order valence-corrected chi connectivity index (χ2v) is 4.39. The zero-order chi connectivity index (χ0) is 11.2. The molecule has 1 aromatic carbocycles. The number of aliphatic hydroxyl groups is 1. The highest BCUT2D eigenvalue weighted by Crippen LogP contribution is 2.11. The predicted molar refractivity (Wildman–Crippen MR) is 66.0 cm³/mol. The molecule has 0 fully saturated rings. The molecule has 1 heterocycles. The van der Waals surface area contributed by atoms with E-state index in [-0.39, 0.29) is 0 Å². The molecular weight excluding hydrogens is 220 g/mol. The number of aliphatic hydroxyl groups excluding tert-OH is 1. The Bertz CT molecular complexity index is 397. The molecule has 0 aliphatic heterocycles. The van der Waals surface area contributed by atoms with Gasteiger partial charge in [0.25, 0.3) is 0 Å². The first kappa shape index (κ1) is 11.2. The van der Waals surface area contributed by atoms with Gasteiger partial charge in [-0.15, -0.1) is 0 Å². The lowest BCUT2D eigenvalue weighted by Gasteiger charge is -2.11. The van der Waals surface area contributed by atoms with Crippen molar-refractivity contribution in [3.8, 4) is 5.75 Å². The van der Waals surface area contributed by atoms with Gasteiger partial charge in [0, 0.05) is 6.42 Å². The predicted octanol–water partition coefficient (Wildman–Crippen LogP) is 2.73. The Morgan fingerprint density at radius 2 is 2.00 bits per heavy atom. The summed E-state index contributed by atoms with van der Waals surface area (Å²) in [5.74, 6) is 0.798. The van der Waals surface area contributed by atoms with E-state index in [1.807, 2.05) is 47.2 Å². The smallest absolute Gasteiger partial charge is 0.119 e. The van der Waals surface area contributed by atoms with Crippen molar-refractivity contribution in [2.75, 3.05) is 6.61 Å². The molecule has 84 valence electrons. The highest BCUT2D eigenvalue weighted by atomic mass is 32.1. The van der Waals surface area contributed by atoms with Crippen molar-refractivity contribution in [1.29, 1.82) is 0 Å². The van der Waals surface area contributed by atoms with E-state index in [9.17, 15) is 5.11 Å². The average Bonchev–Trinajstić information content (AvgIpc) is 2.81. The Morgan fingerprint density at radius 3 is 2.69 bits per heavy atom. The molecule has 0 aliphatic carbocycles. The van der Waals surface area contributed by atoms with Crippen LogP contribution in [0.15, 0.2) is 47.2 Å². The van der Waals surface area contributed by atoms with Crippen LogP contribution in [0.3, 0.4) is 0 Å². The molecule has 2 nitrogen and oxygen atoms in total. The zero-order valence-electron chi connectivity index (χ0n) is 8.87. The number of benzene rings is 1. The van der Waals surface area contributed by atoms with Gasteiger partial charge in [0.1, 0.15) is 12.4 Å². The van der Waals surface area contributed by atoms with E-state index in [1.165, 1.54) is 0 Å². The van der Waals surface area contributed by atoms with E-state index >= 15 is 0 Å². The van der Waals surface area contributed by atoms with Crippen molar-refractivity contribution in [3.05, 3.63) is 52.7 Å². The Labute approximate surface area is 99.1 Å². The lowest BCUT2D eigenvalue weighted by atomic mass is 10.1. The average molecular weight is 234 g/mol. The van der Waals surface area contributed by atoms with Crippen molar-refractivity contribution < 1.29 is 9.84 Å². The minimum atomic E-state index is -0.449. The molecule has 0 spiro atoms. The zero-order valence-corrected chi connectivity index (χ0v) is 9.69. The molecule has 1 unspecified atom stereocenters. The van der Waals surface area contributed by atoms with Crippen molar-refractivity contribution in [2.24, 2.45) is 0 Å². The number of hydrogen-bond acceptors (Lipinski definition) is 3. The summed E-state index contributed by atoms with van der Waals surface area (Å²) < 4.78 is 5.47. The van der Waals surface area contributed by atoms with E-state index in [0.717, 1.165) is 11.3 Å². The second-order valence-electron chi connectivity index (χ2n) is 3.61. The first-order valence-electron chi connectivity index (χ1n) is 5.21. The highest BCUT2D eigenvalue weighted by Gasteiger charge is 2.06. The SMILES string of the molecule is OC(COc1ccccc1)Cc1ccsc1. The van der Waals surface area contributed by atoms with Gasteiger partial charge in [0.2, 0.25) is 0 Å². The van der Waals surface area contributed by atoms with Gasteiger partial charge in [0.15, 0.2) is 0 Å². The monoisotopic (exact) mass is 234 g/mol. The quantitative estimate of drug-likeness (QED) is 0.862. The van der Waals surface area contributed by atoms with E-state index < -0.39 is 6.10 Å². The summed E-state index contributed by atoms with van der Waals surface area (Å²) in [6, 6.07) is 11.6. The van der Waals surface area contributed by atoms with Crippen molar-refractivity contribution in [2.45, 2.75) is 12.5 Å². The third-order valence-corrected chi connectivity index (χ3v) is 2.97. The van der Waals surface area contributed by atoms with Gasteiger partial charge >= 0.3 is 0 Å². The van der Waals surface area contributed by atoms with Crippen LogP contribution in [0.25, 0.3) is 0 Å². The summed E-state index contributed by atoms with van der Waals surface area (Å²) in [4.78, 5) is 0. The minimum Gasteiger partial charge on any atom is -0.491 e. The first-order chi connectivity index (χ1) is 7.84. The number of ether oxygens (including phenoxy) is 1. The summed E-state index contributed by atoms with van der Waals surface area (Å²) in [7, 11) is 0. The molecule has 1 aromatic heterocycles. The number of thiophene rings is 1. The Hall–Kier alpha value is -1.32. The third-order valence-electron chi connectivity index (χ3n) is 2.24. The summed E-state index contributed by atoms with van der Waals surface area (Å²) in [6.07, 6.45) is 0.200. The van der Waals surface area contributed by atoms with Gasteiger partial charge in [-0.25, -0.2) is 0 Å². The van der Waals surface area contributed by atoms with E-state index in [2.05, 4.69) is 0 Å². The normalized spacial score (nSPS) is 12.3. The summed E-state index contributed by atoms with van der Waals surface area (Å²) in [5.41, 5.74) is 1.16. The number of hydrogen-bond donors (Lipinski definition) is 1. The maximum Gasteiger partial charge on any atom is 0.119 e. The number of rotatable bonds is 5. The Balaban J connectivity index is 1.78. The maximum absolute atomic E-state index is 9.76. The van der Waals surface area contributed by atoms with Gasteiger partial charge < -0.3 is 9.84 Å². The van der Waals surface area contributed by atoms with Crippen molar-refractivity contribution >= 4 is 11.3 Å². The van der Waals surface area contributed by atoms with Crippen molar-refractivity contribution in [3.63, 3.8) is 0 Å². The van der Waals surface area contributed by atoms with Crippen LogP contribution in [-0.2, 0) is 6.42 Å². The molecule has 3 heteroatoms. The van der Waals surface area contributed by atoms with Gasteiger partial charge in [-0.3, -0.25) is 0 Å². The molecular formula is C13H14O2S. The van der Waals surface area contributed by atoms with Crippen molar-refractivity contribution in [1.82, 2.24) is 0 Å².